The Hall–Kier alpha value is -0.650. The lowest BCUT2D eigenvalue weighted by atomic mass is 10.1. The number of nitrogens with one attached hydrogen (secondary N) is 1. The standard InChI is InChI=1S/C11H22N2O3/c1-10(7-12-11(14)9-15-2)8-13-3-5-16-6-4-13/h10H,3-9H2,1-2H3,(H,12,14). The van der Waals surface area contributed by atoms with Gasteiger partial charge in [0.05, 0.1) is 13.2 Å². The van der Waals surface area contributed by atoms with Crippen molar-refractivity contribution in [2.75, 3.05) is 53.1 Å². The summed E-state index contributed by atoms with van der Waals surface area (Å²) in [4.78, 5) is 13.5. The highest BCUT2D eigenvalue weighted by Crippen LogP contribution is 2.02. The number of carbonyl (C=O) groups is 1. The van der Waals surface area contributed by atoms with Crippen molar-refractivity contribution in [1.82, 2.24) is 10.2 Å². The van der Waals surface area contributed by atoms with Crippen LogP contribution in [0.5, 0.6) is 0 Å². The first kappa shape index (κ1) is 13.4. The van der Waals surface area contributed by atoms with E-state index in [4.69, 9.17) is 9.47 Å². The normalized spacial score (nSPS) is 19.4. The van der Waals surface area contributed by atoms with Gasteiger partial charge in [-0.2, -0.15) is 0 Å². The Morgan fingerprint density at radius 3 is 2.81 bits per heavy atom. The minimum atomic E-state index is -0.0451. The molecule has 0 saturated carbocycles. The Morgan fingerprint density at radius 2 is 2.19 bits per heavy atom. The van der Waals surface area contributed by atoms with Crippen LogP contribution in [0.4, 0.5) is 0 Å². The minimum absolute atomic E-state index is 0.0451. The summed E-state index contributed by atoms with van der Waals surface area (Å²) in [5.41, 5.74) is 0. The molecule has 1 fully saturated rings. The summed E-state index contributed by atoms with van der Waals surface area (Å²) in [5.74, 6) is 0.412. The van der Waals surface area contributed by atoms with E-state index in [2.05, 4.69) is 17.1 Å². The number of hydrogen-bond donors (Lipinski definition) is 1. The summed E-state index contributed by atoms with van der Waals surface area (Å²) < 4.78 is 10.0. The summed E-state index contributed by atoms with van der Waals surface area (Å²) in [6.07, 6.45) is 0. The fourth-order valence-corrected chi connectivity index (χ4v) is 1.76. The van der Waals surface area contributed by atoms with E-state index in [1.807, 2.05) is 0 Å². The number of ether oxygens (including phenoxy) is 2. The molecular weight excluding hydrogens is 208 g/mol. The molecule has 0 aromatic heterocycles. The lowest BCUT2D eigenvalue weighted by Gasteiger charge is -2.29. The van der Waals surface area contributed by atoms with Gasteiger partial charge >= 0.3 is 0 Å². The maximum atomic E-state index is 11.2. The van der Waals surface area contributed by atoms with E-state index in [0.29, 0.717) is 12.5 Å². The molecule has 1 aliphatic rings. The van der Waals surface area contributed by atoms with Crippen molar-refractivity contribution < 1.29 is 14.3 Å². The van der Waals surface area contributed by atoms with E-state index in [0.717, 1.165) is 32.8 Å². The summed E-state index contributed by atoms with van der Waals surface area (Å²) in [5, 5.41) is 2.85. The molecule has 94 valence electrons. The van der Waals surface area contributed by atoms with Crippen LogP contribution >= 0.6 is 0 Å². The van der Waals surface area contributed by atoms with Crippen LogP contribution in [-0.4, -0.2) is 63.9 Å². The van der Waals surface area contributed by atoms with Gasteiger partial charge in [-0.1, -0.05) is 6.92 Å². The third-order valence-corrected chi connectivity index (χ3v) is 2.60. The predicted octanol–water partition coefficient (Wildman–Crippen LogP) is -0.283. The Kier molecular flexibility index (Phi) is 6.37. The van der Waals surface area contributed by atoms with Gasteiger partial charge in [-0.05, 0) is 5.92 Å². The van der Waals surface area contributed by atoms with Crippen LogP contribution in [0.2, 0.25) is 0 Å². The Morgan fingerprint density at radius 1 is 1.50 bits per heavy atom. The van der Waals surface area contributed by atoms with Gasteiger partial charge in [-0.3, -0.25) is 9.69 Å². The van der Waals surface area contributed by atoms with Crippen LogP contribution in [0.15, 0.2) is 0 Å². The van der Waals surface area contributed by atoms with Crippen LogP contribution < -0.4 is 5.32 Å². The second kappa shape index (κ2) is 7.60. The fraction of sp³-hybridized carbons (Fsp3) is 0.909. The molecule has 5 nitrogen and oxygen atoms in total. The molecule has 0 radical (unpaired) electrons. The van der Waals surface area contributed by atoms with Crippen molar-refractivity contribution in [2.45, 2.75) is 6.92 Å². The van der Waals surface area contributed by atoms with E-state index < -0.39 is 0 Å². The molecule has 1 unspecified atom stereocenters. The second-order valence-corrected chi connectivity index (χ2v) is 4.26. The van der Waals surface area contributed by atoms with Gasteiger partial charge in [0.15, 0.2) is 0 Å². The zero-order chi connectivity index (χ0) is 11.8. The van der Waals surface area contributed by atoms with Crippen molar-refractivity contribution in [3.63, 3.8) is 0 Å². The number of hydrogen-bond acceptors (Lipinski definition) is 4. The maximum absolute atomic E-state index is 11.2. The summed E-state index contributed by atoms with van der Waals surface area (Å²) in [7, 11) is 1.52. The Labute approximate surface area is 97.1 Å². The highest BCUT2D eigenvalue weighted by Gasteiger charge is 2.14. The van der Waals surface area contributed by atoms with Gasteiger partial charge in [-0.25, -0.2) is 0 Å². The number of methoxy groups -OCH3 is 1. The van der Waals surface area contributed by atoms with Gasteiger partial charge < -0.3 is 14.8 Å². The molecule has 1 N–H and O–H groups in total. The van der Waals surface area contributed by atoms with Crippen LogP contribution in [0.1, 0.15) is 6.92 Å². The maximum Gasteiger partial charge on any atom is 0.245 e. The molecule has 1 amide bonds. The zero-order valence-corrected chi connectivity index (χ0v) is 10.2. The monoisotopic (exact) mass is 230 g/mol. The second-order valence-electron chi connectivity index (χ2n) is 4.26. The number of carbonyl (C=O) groups excluding carboxylic acids is 1. The molecule has 0 bridgehead atoms. The summed E-state index contributed by atoms with van der Waals surface area (Å²) >= 11 is 0. The van der Waals surface area contributed by atoms with Crippen LogP contribution in [-0.2, 0) is 14.3 Å². The van der Waals surface area contributed by atoms with E-state index in [-0.39, 0.29) is 12.5 Å². The molecule has 16 heavy (non-hydrogen) atoms. The lowest BCUT2D eigenvalue weighted by Crippen LogP contribution is -2.41. The molecule has 5 heteroatoms. The first-order chi connectivity index (χ1) is 7.72. The van der Waals surface area contributed by atoms with Crippen LogP contribution in [0.25, 0.3) is 0 Å². The fourth-order valence-electron chi connectivity index (χ4n) is 1.76. The smallest absolute Gasteiger partial charge is 0.245 e. The van der Waals surface area contributed by atoms with Gasteiger partial charge in [0, 0.05) is 33.3 Å². The van der Waals surface area contributed by atoms with Crippen molar-refractivity contribution in [2.24, 2.45) is 5.92 Å². The SMILES string of the molecule is COCC(=O)NCC(C)CN1CCOCC1. The third-order valence-electron chi connectivity index (χ3n) is 2.60. The molecule has 0 spiro atoms. The quantitative estimate of drug-likeness (QED) is 0.682. The van der Waals surface area contributed by atoms with Crippen LogP contribution in [0, 0.1) is 5.92 Å². The molecule has 1 rings (SSSR count). The third kappa shape index (κ3) is 5.44. The zero-order valence-electron chi connectivity index (χ0n) is 10.2. The summed E-state index contributed by atoms with van der Waals surface area (Å²) in [6, 6.07) is 0. The molecule has 1 saturated heterocycles. The van der Waals surface area contributed by atoms with E-state index in [9.17, 15) is 4.79 Å². The highest BCUT2D eigenvalue weighted by atomic mass is 16.5. The van der Waals surface area contributed by atoms with E-state index in [1.54, 1.807) is 0 Å². The highest BCUT2D eigenvalue weighted by molar-refractivity contribution is 5.77. The molecule has 0 aliphatic carbocycles. The minimum Gasteiger partial charge on any atom is -0.379 e. The van der Waals surface area contributed by atoms with E-state index >= 15 is 0 Å². The van der Waals surface area contributed by atoms with E-state index in [1.165, 1.54) is 7.11 Å². The molecule has 0 aromatic rings. The molecule has 1 heterocycles. The number of amides is 1. The van der Waals surface area contributed by atoms with Crippen molar-refractivity contribution in [3.8, 4) is 0 Å². The van der Waals surface area contributed by atoms with Crippen molar-refractivity contribution >= 4 is 5.91 Å². The van der Waals surface area contributed by atoms with Crippen molar-refractivity contribution in [1.29, 1.82) is 0 Å². The van der Waals surface area contributed by atoms with Gasteiger partial charge in [-0.15, -0.1) is 0 Å². The molecule has 1 atom stereocenters. The Balaban J connectivity index is 2.09. The predicted molar refractivity (Wildman–Crippen MR) is 61.3 cm³/mol. The average molecular weight is 230 g/mol. The molecule has 1 aliphatic heterocycles. The first-order valence-electron chi connectivity index (χ1n) is 5.78. The van der Waals surface area contributed by atoms with Crippen LogP contribution in [0.3, 0.4) is 0 Å². The molecular formula is C11H22N2O3. The van der Waals surface area contributed by atoms with Gasteiger partial charge in [0.2, 0.25) is 5.91 Å². The number of rotatable bonds is 6. The largest absolute Gasteiger partial charge is 0.379 e. The average Bonchev–Trinajstić information content (AvgIpc) is 2.28. The molecule has 0 aromatic carbocycles. The lowest BCUT2D eigenvalue weighted by molar-refractivity contribution is -0.124. The number of morpholine rings is 1. The Bertz CT molecular complexity index is 205. The van der Waals surface area contributed by atoms with Gasteiger partial charge in [0.1, 0.15) is 6.61 Å². The first-order valence-corrected chi connectivity index (χ1v) is 5.78. The van der Waals surface area contributed by atoms with Crippen molar-refractivity contribution in [3.05, 3.63) is 0 Å². The van der Waals surface area contributed by atoms with Gasteiger partial charge in [0.25, 0.3) is 0 Å². The summed E-state index contributed by atoms with van der Waals surface area (Å²) in [6.45, 7) is 7.64. The topological polar surface area (TPSA) is 50.8 Å². The number of nitrogens with zero attached hydrogens (tertiary/aromatic N) is 1.